The maximum Gasteiger partial charge on any atom is 0.295 e. The summed E-state index contributed by atoms with van der Waals surface area (Å²) in [7, 11) is 0. The zero-order valence-corrected chi connectivity index (χ0v) is 23.4. The number of carbonyl (C=O) groups excluding carboxylic acids is 2. The van der Waals surface area contributed by atoms with E-state index in [9.17, 15) is 14.7 Å². The molecule has 2 aromatic carbocycles. The molecule has 10 nitrogen and oxygen atoms in total. The largest absolute Gasteiger partial charge is 0.507 e. The Bertz CT molecular complexity index is 1420. The third kappa shape index (κ3) is 6.01. The number of aryl methyl sites for hydroxylation is 1. The van der Waals surface area contributed by atoms with Crippen molar-refractivity contribution in [2.75, 3.05) is 33.0 Å². The van der Waals surface area contributed by atoms with Gasteiger partial charge < -0.3 is 33.5 Å². The molecule has 0 bridgehead atoms. The minimum absolute atomic E-state index is 0.0106. The molecule has 2 aliphatic rings. The fourth-order valence-electron chi connectivity index (χ4n) is 5.05. The summed E-state index contributed by atoms with van der Waals surface area (Å²) in [5.41, 5.74) is 1.01. The van der Waals surface area contributed by atoms with Crippen LogP contribution in [-0.2, 0) is 16.1 Å². The lowest BCUT2D eigenvalue weighted by atomic mass is 9.94. The minimum Gasteiger partial charge on any atom is -0.507 e. The van der Waals surface area contributed by atoms with Crippen LogP contribution in [0, 0.1) is 0 Å². The van der Waals surface area contributed by atoms with E-state index in [1.165, 1.54) is 4.90 Å². The molecule has 10 heteroatoms. The van der Waals surface area contributed by atoms with Crippen molar-refractivity contribution in [2.45, 2.75) is 45.7 Å². The smallest absolute Gasteiger partial charge is 0.295 e. The lowest BCUT2D eigenvalue weighted by Crippen LogP contribution is -2.31. The van der Waals surface area contributed by atoms with E-state index in [1.807, 2.05) is 23.8 Å². The number of ketones is 1. The molecule has 1 saturated heterocycles. The van der Waals surface area contributed by atoms with E-state index < -0.39 is 17.7 Å². The average Bonchev–Trinajstić information content (AvgIpc) is 3.60. The molecule has 3 aromatic rings. The van der Waals surface area contributed by atoms with Crippen molar-refractivity contribution in [1.82, 2.24) is 14.5 Å². The molecule has 1 aromatic heterocycles. The number of unbranched alkanes of at least 4 members (excludes halogenated alkanes) is 1. The van der Waals surface area contributed by atoms with Gasteiger partial charge in [-0.05, 0) is 55.7 Å². The van der Waals surface area contributed by atoms with Crippen LogP contribution in [0.5, 0.6) is 23.0 Å². The van der Waals surface area contributed by atoms with E-state index in [-0.39, 0.29) is 11.3 Å². The fourth-order valence-corrected chi connectivity index (χ4v) is 5.05. The summed E-state index contributed by atoms with van der Waals surface area (Å²) in [4.78, 5) is 32.5. The summed E-state index contributed by atoms with van der Waals surface area (Å²) < 4.78 is 25.0. The quantitative estimate of drug-likeness (QED) is 0.146. The maximum absolute atomic E-state index is 13.5. The molecule has 1 atom stereocenters. The molecule has 2 aliphatic heterocycles. The van der Waals surface area contributed by atoms with Crippen LogP contribution in [0.2, 0.25) is 0 Å². The number of amides is 1. The van der Waals surface area contributed by atoms with Gasteiger partial charge in [-0.25, -0.2) is 4.98 Å². The Hall–Kier alpha value is -4.47. The lowest BCUT2D eigenvalue weighted by Gasteiger charge is -2.26. The van der Waals surface area contributed by atoms with Crippen molar-refractivity contribution in [3.63, 3.8) is 0 Å². The molecule has 0 aliphatic carbocycles. The Labute approximate surface area is 239 Å². The molecule has 0 radical (unpaired) electrons. The molecular formula is C31H35N3O7. The van der Waals surface area contributed by atoms with Gasteiger partial charge in [-0.2, -0.15) is 0 Å². The predicted octanol–water partition coefficient (Wildman–Crippen LogP) is 4.74. The van der Waals surface area contributed by atoms with Crippen LogP contribution in [-0.4, -0.2) is 64.2 Å². The van der Waals surface area contributed by atoms with Crippen LogP contribution < -0.4 is 18.9 Å². The summed E-state index contributed by atoms with van der Waals surface area (Å²) in [5, 5.41) is 11.5. The molecule has 1 N–H and O–H groups in total. The Morgan fingerprint density at radius 2 is 1.83 bits per heavy atom. The van der Waals surface area contributed by atoms with Gasteiger partial charge in [0.25, 0.3) is 11.7 Å². The molecule has 1 amide bonds. The lowest BCUT2D eigenvalue weighted by molar-refractivity contribution is -0.139. The zero-order chi connectivity index (χ0) is 28.8. The van der Waals surface area contributed by atoms with Crippen molar-refractivity contribution >= 4 is 17.4 Å². The highest BCUT2D eigenvalue weighted by Crippen LogP contribution is 2.43. The number of benzene rings is 2. The third-order valence-corrected chi connectivity index (χ3v) is 7.07. The number of Topliss-reactive ketones (excluding diaryl/α,β-unsaturated/α-hetero) is 1. The molecule has 0 spiro atoms. The number of imidazole rings is 1. The number of likely N-dealkylation sites (tertiary alicyclic amines) is 1. The minimum atomic E-state index is -0.824. The van der Waals surface area contributed by atoms with Gasteiger partial charge >= 0.3 is 0 Å². The van der Waals surface area contributed by atoms with E-state index in [1.54, 1.807) is 42.9 Å². The topological polar surface area (TPSA) is 112 Å². The monoisotopic (exact) mass is 561 g/mol. The fraction of sp³-hybridized carbons (Fsp3) is 0.387. The van der Waals surface area contributed by atoms with Gasteiger partial charge in [0.1, 0.15) is 19.0 Å². The van der Waals surface area contributed by atoms with Crippen LogP contribution in [0.15, 0.2) is 60.7 Å². The number of hydrogen-bond acceptors (Lipinski definition) is 8. The highest BCUT2D eigenvalue weighted by atomic mass is 16.6. The third-order valence-electron chi connectivity index (χ3n) is 7.07. The first-order chi connectivity index (χ1) is 20.0. The molecule has 5 rings (SSSR count). The second-order valence-corrected chi connectivity index (χ2v) is 9.85. The second kappa shape index (κ2) is 12.8. The van der Waals surface area contributed by atoms with Gasteiger partial charge in [-0.15, -0.1) is 0 Å². The summed E-state index contributed by atoms with van der Waals surface area (Å²) >= 11 is 0. The van der Waals surface area contributed by atoms with Crippen LogP contribution in [0.25, 0.3) is 5.76 Å². The number of carbonyl (C=O) groups is 2. The molecule has 0 saturated carbocycles. The first-order valence-corrected chi connectivity index (χ1v) is 14.1. The zero-order valence-electron chi connectivity index (χ0n) is 23.4. The Balaban J connectivity index is 1.55. The van der Waals surface area contributed by atoms with Crippen LogP contribution in [0.1, 0.15) is 50.3 Å². The number of aromatic nitrogens is 2. The number of ether oxygens (including phenoxy) is 4. The maximum atomic E-state index is 13.5. The van der Waals surface area contributed by atoms with Gasteiger partial charge in [-0.3, -0.25) is 9.59 Å². The summed E-state index contributed by atoms with van der Waals surface area (Å²) in [6.45, 7) is 6.66. The Kier molecular flexibility index (Phi) is 8.76. The first-order valence-electron chi connectivity index (χ1n) is 14.1. The van der Waals surface area contributed by atoms with Crippen LogP contribution in [0.3, 0.4) is 0 Å². The van der Waals surface area contributed by atoms with Gasteiger partial charge in [0.15, 0.2) is 23.0 Å². The normalized spacial score (nSPS) is 17.6. The van der Waals surface area contributed by atoms with E-state index in [2.05, 4.69) is 11.9 Å². The second-order valence-electron chi connectivity index (χ2n) is 9.85. The van der Waals surface area contributed by atoms with Crippen molar-refractivity contribution < 1.29 is 33.6 Å². The highest BCUT2D eigenvalue weighted by Gasteiger charge is 2.46. The molecule has 1 fully saturated rings. The number of fused-ring (bicyclic) bond motifs is 1. The van der Waals surface area contributed by atoms with Gasteiger partial charge in [-0.1, -0.05) is 19.4 Å². The van der Waals surface area contributed by atoms with Crippen LogP contribution >= 0.6 is 0 Å². The summed E-state index contributed by atoms with van der Waals surface area (Å²) in [6.07, 6.45) is 7.73. The average molecular weight is 562 g/mol. The highest BCUT2D eigenvalue weighted by molar-refractivity contribution is 6.46. The summed E-state index contributed by atoms with van der Waals surface area (Å²) in [5.74, 6) is 0.455. The van der Waals surface area contributed by atoms with E-state index in [0.717, 1.165) is 12.8 Å². The number of rotatable bonds is 12. The SMILES string of the molecule is CCCCOc1ccc([C@@H]2/C(=C(\O)c3ccc4c(c3)OCCO4)C(=O)C(=O)N2CCCn2ccnc2)cc1OCC. The standard InChI is InChI=1S/C31H35N3O7/c1-3-5-15-39-23-9-7-21(18-25(23)38-4-2)28-27(29(35)22-8-10-24-26(19-22)41-17-16-40-24)30(36)31(37)34(28)13-6-12-33-14-11-32-20-33/h7-11,14,18-20,28,35H,3-6,12-13,15-17H2,1-2H3/b29-27+/t28-/m1/s1. The first kappa shape index (κ1) is 28.1. The van der Waals surface area contributed by atoms with E-state index in [4.69, 9.17) is 18.9 Å². The molecule has 41 heavy (non-hydrogen) atoms. The van der Waals surface area contributed by atoms with Crippen molar-refractivity contribution in [2.24, 2.45) is 0 Å². The molecule has 0 unspecified atom stereocenters. The van der Waals surface area contributed by atoms with Crippen molar-refractivity contribution in [3.8, 4) is 23.0 Å². The predicted molar refractivity (Wildman–Crippen MR) is 151 cm³/mol. The van der Waals surface area contributed by atoms with E-state index >= 15 is 0 Å². The van der Waals surface area contributed by atoms with Crippen molar-refractivity contribution in [3.05, 3.63) is 71.8 Å². The molecule has 3 heterocycles. The number of aliphatic hydroxyl groups is 1. The number of hydrogen-bond donors (Lipinski definition) is 1. The number of aliphatic hydroxyl groups excluding tert-OH is 1. The van der Waals surface area contributed by atoms with Gasteiger partial charge in [0.2, 0.25) is 0 Å². The van der Waals surface area contributed by atoms with Gasteiger partial charge in [0.05, 0.1) is 31.2 Å². The Morgan fingerprint density at radius 1 is 1.00 bits per heavy atom. The van der Waals surface area contributed by atoms with Crippen LogP contribution in [0.4, 0.5) is 0 Å². The Morgan fingerprint density at radius 3 is 2.59 bits per heavy atom. The number of nitrogens with zero attached hydrogens (tertiary/aromatic N) is 3. The van der Waals surface area contributed by atoms with Crippen molar-refractivity contribution in [1.29, 1.82) is 0 Å². The summed E-state index contributed by atoms with van der Waals surface area (Å²) in [6, 6.07) is 9.56. The van der Waals surface area contributed by atoms with E-state index in [0.29, 0.717) is 80.1 Å². The van der Waals surface area contributed by atoms with Gasteiger partial charge in [0, 0.05) is 31.0 Å². The molecular weight excluding hydrogens is 526 g/mol. The molecule has 216 valence electrons.